The summed E-state index contributed by atoms with van der Waals surface area (Å²) in [6.45, 7) is 2.03. The Morgan fingerprint density at radius 3 is 3.08 bits per heavy atom. The third-order valence-corrected chi connectivity index (χ3v) is 2.49. The molecule has 1 heterocycles. The second-order valence-electron chi connectivity index (χ2n) is 2.45. The zero-order valence-electron chi connectivity index (χ0n) is 6.95. The highest BCUT2D eigenvalue weighted by atomic mass is 32.1. The first-order valence-corrected chi connectivity index (χ1v) is 4.57. The number of hydrogen-bond donors (Lipinski definition) is 1. The van der Waals surface area contributed by atoms with E-state index in [1.807, 2.05) is 6.92 Å². The van der Waals surface area contributed by atoms with Gasteiger partial charge in [0.15, 0.2) is 0 Å². The van der Waals surface area contributed by atoms with E-state index in [-0.39, 0.29) is 6.04 Å². The smallest absolute Gasteiger partial charge is 0.0801 e. The zero-order valence-corrected chi connectivity index (χ0v) is 7.77. The molecule has 1 rings (SSSR count). The van der Waals surface area contributed by atoms with Crippen LogP contribution in [0.4, 0.5) is 0 Å². The van der Waals surface area contributed by atoms with Gasteiger partial charge in [0.2, 0.25) is 0 Å². The molecule has 0 aromatic carbocycles. The summed E-state index contributed by atoms with van der Waals surface area (Å²) in [7, 11) is 0. The van der Waals surface area contributed by atoms with Gasteiger partial charge in [-0.2, -0.15) is 0 Å². The molecule has 1 aromatic heterocycles. The van der Waals surface area contributed by atoms with E-state index in [4.69, 9.17) is 12.2 Å². The van der Waals surface area contributed by atoms with Crippen LogP contribution in [0.3, 0.4) is 0 Å². The third kappa shape index (κ3) is 1.81. The Morgan fingerprint density at radius 1 is 1.75 bits per heavy atom. The highest BCUT2D eigenvalue weighted by molar-refractivity contribution is 7.05. The number of aryl methyl sites for hydroxylation is 1. The first-order chi connectivity index (χ1) is 5.79. The molecule has 0 bridgehead atoms. The van der Waals surface area contributed by atoms with Gasteiger partial charge in [0.1, 0.15) is 0 Å². The molecule has 0 fully saturated rings. The Labute approximate surface area is 76.1 Å². The molecular weight excluding hydrogens is 170 g/mol. The summed E-state index contributed by atoms with van der Waals surface area (Å²) in [6.07, 6.45) is 6.58. The minimum absolute atomic E-state index is 0.0926. The monoisotopic (exact) mass is 181 g/mol. The van der Waals surface area contributed by atoms with Gasteiger partial charge in [0.05, 0.1) is 16.6 Å². The molecule has 0 saturated heterocycles. The van der Waals surface area contributed by atoms with Gasteiger partial charge in [-0.3, -0.25) is 0 Å². The predicted octanol–water partition coefficient (Wildman–Crippen LogP) is 1.12. The maximum atomic E-state index is 5.81. The van der Waals surface area contributed by atoms with Crippen molar-refractivity contribution < 1.29 is 0 Å². The van der Waals surface area contributed by atoms with Crippen LogP contribution >= 0.6 is 11.5 Å². The van der Waals surface area contributed by atoms with E-state index in [0.29, 0.717) is 6.42 Å². The minimum atomic E-state index is -0.0926. The van der Waals surface area contributed by atoms with Crippen LogP contribution in [0.25, 0.3) is 0 Å². The molecule has 0 spiro atoms. The Bertz CT molecular complexity index is 287. The molecule has 3 nitrogen and oxygen atoms in total. The number of aromatic nitrogens is 2. The van der Waals surface area contributed by atoms with Gasteiger partial charge >= 0.3 is 0 Å². The lowest BCUT2D eigenvalue weighted by Gasteiger charge is -2.04. The zero-order chi connectivity index (χ0) is 8.97. The Kier molecular flexibility index (Phi) is 3.20. The minimum Gasteiger partial charge on any atom is -0.322 e. The molecule has 1 aromatic rings. The summed E-state index contributed by atoms with van der Waals surface area (Å²) in [5.74, 6) is 2.53. The van der Waals surface area contributed by atoms with Crippen molar-refractivity contribution >= 4 is 11.5 Å². The van der Waals surface area contributed by atoms with Gasteiger partial charge in [-0.05, 0) is 18.0 Å². The van der Waals surface area contributed by atoms with Gasteiger partial charge in [-0.25, -0.2) is 0 Å². The quantitative estimate of drug-likeness (QED) is 0.711. The largest absolute Gasteiger partial charge is 0.322 e. The van der Waals surface area contributed by atoms with E-state index in [0.717, 1.165) is 17.0 Å². The fourth-order valence-electron chi connectivity index (χ4n) is 0.962. The second-order valence-corrected chi connectivity index (χ2v) is 3.24. The van der Waals surface area contributed by atoms with E-state index in [1.165, 1.54) is 11.5 Å². The van der Waals surface area contributed by atoms with Crippen LogP contribution in [0.1, 0.15) is 30.0 Å². The van der Waals surface area contributed by atoms with Crippen LogP contribution in [-0.2, 0) is 6.42 Å². The molecule has 0 amide bonds. The fraction of sp³-hybridized carbons (Fsp3) is 0.500. The average Bonchev–Trinajstić information content (AvgIpc) is 2.51. The lowest BCUT2D eigenvalue weighted by molar-refractivity contribution is 0.753. The molecule has 0 radical (unpaired) electrons. The first kappa shape index (κ1) is 9.17. The van der Waals surface area contributed by atoms with Crippen molar-refractivity contribution in [1.29, 1.82) is 0 Å². The van der Waals surface area contributed by atoms with Crippen LogP contribution in [0.2, 0.25) is 0 Å². The third-order valence-electron chi connectivity index (χ3n) is 1.59. The van der Waals surface area contributed by atoms with E-state index < -0.39 is 0 Å². The van der Waals surface area contributed by atoms with Crippen LogP contribution in [0.15, 0.2) is 0 Å². The molecule has 0 aliphatic rings. The van der Waals surface area contributed by atoms with Crippen LogP contribution in [0, 0.1) is 12.3 Å². The Balaban J connectivity index is 2.80. The van der Waals surface area contributed by atoms with E-state index in [1.54, 1.807) is 0 Å². The van der Waals surface area contributed by atoms with E-state index in [9.17, 15) is 0 Å². The summed E-state index contributed by atoms with van der Waals surface area (Å²) in [5.41, 5.74) is 6.79. The predicted molar refractivity (Wildman–Crippen MR) is 49.7 cm³/mol. The lowest BCUT2D eigenvalue weighted by atomic mass is 10.1. The van der Waals surface area contributed by atoms with E-state index in [2.05, 4.69) is 15.5 Å². The van der Waals surface area contributed by atoms with Crippen molar-refractivity contribution in [2.75, 3.05) is 0 Å². The Hall–Kier alpha value is -0.920. The summed E-state index contributed by atoms with van der Waals surface area (Å²) >= 11 is 1.34. The summed E-state index contributed by atoms with van der Waals surface area (Å²) in [4.78, 5) is 1.02. The van der Waals surface area contributed by atoms with Crippen molar-refractivity contribution in [2.45, 2.75) is 25.8 Å². The SMILES string of the molecule is C#CCC(N)c1snnc1CC. The topological polar surface area (TPSA) is 51.8 Å². The van der Waals surface area contributed by atoms with Gasteiger partial charge < -0.3 is 5.73 Å². The van der Waals surface area contributed by atoms with Crippen molar-refractivity contribution in [3.05, 3.63) is 10.6 Å². The molecule has 0 aliphatic carbocycles. The second kappa shape index (κ2) is 4.19. The number of rotatable bonds is 3. The van der Waals surface area contributed by atoms with Gasteiger partial charge in [-0.1, -0.05) is 11.4 Å². The Morgan fingerprint density at radius 2 is 2.50 bits per heavy atom. The molecule has 0 aliphatic heterocycles. The van der Waals surface area contributed by atoms with Gasteiger partial charge in [0.25, 0.3) is 0 Å². The van der Waals surface area contributed by atoms with Gasteiger partial charge in [-0.15, -0.1) is 17.4 Å². The highest BCUT2D eigenvalue weighted by Crippen LogP contribution is 2.20. The van der Waals surface area contributed by atoms with Crippen molar-refractivity contribution in [3.8, 4) is 12.3 Å². The van der Waals surface area contributed by atoms with Crippen molar-refractivity contribution in [3.63, 3.8) is 0 Å². The number of hydrogen-bond acceptors (Lipinski definition) is 4. The molecular formula is C8H11N3S. The molecule has 1 atom stereocenters. The van der Waals surface area contributed by atoms with Crippen molar-refractivity contribution in [1.82, 2.24) is 9.59 Å². The highest BCUT2D eigenvalue weighted by Gasteiger charge is 2.12. The summed E-state index contributed by atoms with van der Waals surface area (Å²) in [6, 6.07) is -0.0926. The summed E-state index contributed by atoms with van der Waals surface area (Å²) in [5, 5.41) is 3.96. The van der Waals surface area contributed by atoms with Gasteiger partial charge in [0, 0.05) is 6.42 Å². The number of nitrogens with two attached hydrogens (primary N) is 1. The van der Waals surface area contributed by atoms with Crippen LogP contribution in [0.5, 0.6) is 0 Å². The maximum absolute atomic E-state index is 5.81. The molecule has 64 valence electrons. The molecule has 12 heavy (non-hydrogen) atoms. The molecule has 2 N–H and O–H groups in total. The normalized spacial score (nSPS) is 12.4. The lowest BCUT2D eigenvalue weighted by Crippen LogP contribution is -2.09. The molecule has 4 heteroatoms. The van der Waals surface area contributed by atoms with Crippen LogP contribution < -0.4 is 5.73 Å². The first-order valence-electron chi connectivity index (χ1n) is 3.79. The summed E-state index contributed by atoms with van der Waals surface area (Å²) < 4.78 is 3.84. The molecule has 1 unspecified atom stereocenters. The molecule has 0 saturated carbocycles. The van der Waals surface area contributed by atoms with Crippen LogP contribution in [-0.4, -0.2) is 9.59 Å². The maximum Gasteiger partial charge on any atom is 0.0801 e. The standard InChI is InChI=1S/C8H11N3S/c1-3-5-6(9)8-7(4-2)10-11-12-8/h1,6H,4-5,9H2,2H3. The number of terminal acetylenes is 1. The average molecular weight is 181 g/mol. The van der Waals surface area contributed by atoms with Crippen molar-refractivity contribution in [2.24, 2.45) is 5.73 Å². The number of nitrogens with zero attached hydrogens (tertiary/aromatic N) is 2. The van der Waals surface area contributed by atoms with E-state index >= 15 is 0 Å². The fourth-order valence-corrected chi connectivity index (χ4v) is 1.70.